The van der Waals surface area contributed by atoms with Crippen LogP contribution >= 0.6 is 11.3 Å². The summed E-state index contributed by atoms with van der Waals surface area (Å²) in [5.41, 5.74) is 1.75. The van der Waals surface area contributed by atoms with E-state index in [1.54, 1.807) is 17.4 Å². The number of nitrogens with zero attached hydrogens (tertiary/aromatic N) is 1. The maximum Gasteiger partial charge on any atom is 0.251 e. The Morgan fingerprint density at radius 1 is 1.53 bits per heavy atom. The number of hydrogen-bond acceptors (Lipinski definition) is 3. The Balaban J connectivity index is 2.58. The van der Waals surface area contributed by atoms with E-state index in [4.69, 9.17) is 0 Å². The number of nitrogens with one attached hydrogen (secondary N) is 1. The summed E-state index contributed by atoms with van der Waals surface area (Å²) < 4.78 is 0. The van der Waals surface area contributed by atoms with Gasteiger partial charge in [-0.1, -0.05) is 6.92 Å². The van der Waals surface area contributed by atoms with Gasteiger partial charge in [-0.2, -0.15) is 0 Å². The zero-order valence-corrected chi connectivity index (χ0v) is 9.52. The Morgan fingerprint density at radius 3 is 2.93 bits per heavy atom. The lowest BCUT2D eigenvalue weighted by Gasteiger charge is -2.01. The second kappa shape index (κ2) is 3.98. The molecule has 0 saturated heterocycles. The van der Waals surface area contributed by atoms with Gasteiger partial charge >= 0.3 is 0 Å². The average molecular weight is 220 g/mol. The van der Waals surface area contributed by atoms with E-state index in [-0.39, 0.29) is 5.56 Å². The first-order valence-electron chi connectivity index (χ1n) is 4.85. The minimum atomic E-state index is -0.0811. The molecule has 2 rings (SSSR count). The lowest BCUT2D eigenvalue weighted by atomic mass is 10.2. The highest BCUT2D eigenvalue weighted by Crippen LogP contribution is 2.24. The van der Waals surface area contributed by atoms with Gasteiger partial charge in [0.05, 0.1) is 5.69 Å². The highest BCUT2D eigenvalue weighted by atomic mass is 32.1. The van der Waals surface area contributed by atoms with Crippen molar-refractivity contribution in [2.75, 3.05) is 0 Å². The van der Waals surface area contributed by atoms with Gasteiger partial charge in [-0.05, 0) is 18.4 Å². The molecule has 0 amide bonds. The second-order valence-corrected chi connectivity index (χ2v) is 4.44. The Morgan fingerprint density at radius 2 is 2.33 bits per heavy atom. The summed E-state index contributed by atoms with van der Waals surface area (Å²) in [6.45, 7) is 4.01. The summed E-state index contributed by atoms with van der Waals surface area (Å²) in [4.78, 5) is 19.7. The lowest BCUT2D eigenvalue weighted by molar-refractivity contribution is 0.924. The molecule has 0 fully saturated rings. The second-order valence-electron chi connectivity index (χ2n) is 3.32. The summed E-state index contributed by atoms with van der Waals surface area (Å²) in [5, 5.41) is 2.01. The Bertz CT molecular complexity index is 527. The van der Waals surface area contributed by atoms with Crippen LogP contribution in [-0.2, 0) is 6.42 Å². The fraction of sp³-hybridized carbons (Fsp3) is 0.273. The number of rotatable bonds is 2. The fourth-order valence-electron chi connectivity index (χ4n) is 1.46. The van der Waals surface area contributed by atoms with E-state index >= 15 is 0 Å². The molecule has 4 heteroatoms. The van der Waals surface area contributed by atoms with Crippen molar-refractivity contribution in [3.05, 3.63) is 38.6 Å². The molecular weight excluding hydrogens is 208 g/mol. The minimum absolute atomic E-state index is 0.0811. The van der Waals surface area contributed by atoms with E-state index in [1.165, 1.54) is 4.88 Å². The highest BCUT2D eigenvalue weighted by molar-refractivity contribution is 7.10. The van der Waals surface area contributed by atoms with Gasteiger partial charge < -0.3 is 4.98 Å². The van der Waals surface area contributed by atoms with Crippen LogP contribution in [0.15, 0.2) is 22.3 Å². The monoisotopic (exact) mass is 220 g/mol. The number of aromatic nitrogens is 2. The maximum atomic E-state index is 11.4. The molecule has 0 unspecified atom stereocenters. The Hall–Kier alpha value is -1.42. The minimum Gasteiger partial charge on any atom is -0.311 e. The van der Waals surface area contributed by atoms with Crippen molar-refractivity contribution in [2.24, 2.45) is 0 Å². The van der Waals surface area contributed by atoms with Gasteiger partial charge in [0, 0.05) is 22.9 Å². The molecule has 0 aliphatic heterocycles. The molecule has 0 aliphatic carbocycles. The molecule has 0 aliphatic rings. The van der Waals surface area contributed by atoms with Gasteiger partial charge in [0.25, 0.3) is 5.56 Å². The molecule has 0 bridgehead atoms. The summed E-state index contributed by atoms with van der Waals surface area (Å²) in [7, 11) is 0. The zero-order valence-electron chi connectivity index (χ0n) is 8.70. The average Bonchev–Trinajstić information content (AvgIpc) is 2.63. The van der Waals surface area contributed by atoms with Crippen molar-refractivity contribution in [3.8, 4) is 11.3 Å². The first-order chi connectivity index (χ1) is 7.20. The van der Waals surface area contributed by atoms with Crippen molar-refractivity contribution >= 4 is 11.3 Å². The Labute approximate surface area is 91.8 Å². The highest BCUT2D eigenvalue weighted by Gasteiger charge is 2.06. The van der Waals surface area contributed by atoms with Gasteiger partial charge in [0.15, 0.2) is 0 Å². The predicted molar refractivity (Wildman–Crippen MR) is 62.3 cm³/mol. The molecule has 15 heavy (non-hydrogen) atoms. The number of H-pyrrole nitrogens is 1. The molecule has 0 saturated carbocycles. The Kier molecular flexibility index (Phi) is 2.68. The summed E-state index contributed by atoms with van der Waals surface area (Å²) in [6.07, 6.45) is 0.742. The number of aryl methyl sites for hydroxylation is 2. The zero-order chi connectivity index (χ0) is 10.8. The molecule has 1 N–H and O–H groups in total. The largest absolute Gasteiger partial charge is 0.311 e. The van der Waals surface area contributed by atoms with Gasteiger partial charge in [-0.25, -0.2) is 4.98 Å². The number of thiophene rings is 1. The summed E-state index contributed by atoms with van der Waals surface area (Å²) >= 11 is 1.67. The third-order valence-corrected chi connectivity index (χ3v) is 3.11. The maximum absolute atomic E-state index is 11.4. The third-order valence-electron chi connectivity index (χ3n) is 2.26. The number of hydrogen-bond donors (Lipinski definition) is 1. The van der Waals surface area contributed by atoms with Crippen LogP contribution in [0.25, 0.3) is 11.3 Å². The van der Waals surface area contributed by atoms with E-state index in [2.05, 4.69) is 9.97 Å². The van der Waals surface area contributed by atoms with E-state index in [1.807, 2.05) is 25.3 Å². The van der Waals surface area contributed by atoms with Crippen molar-refractivity contribution in [1.82, 2.24) is 9.97 Å². The first kappa shape index (κ1) is 10.1. The third kappa shape index (κ3) is 1.99. The molecule has 2 heterocycles. The van der Waals surface area contributed by atoms with Crippen molar-refractivity contribution in [1.29, 1.82) is 0 Å². The SMILES string of the molecule is CCc1nc(-c2ccsc2C)cc(=O)[nH]1. The van der Waals surface area contributed by atoms with Crippen LogP contribution in [0, 0.1) is 6.92 Å². The van der Waals surface area contributed by atoms with Crippen LogP contribution in [0.4, 0.5) is 0 Å². The van der Waals surface area contributed by atoms with Gasteiger partial charge in [0.2, 0.25) is 0 Å². The van der Waals surface area contributed by atoms with Gasteiger partial charge in [-0.3, -0.25) is 4.79 Å². The van der Waals surface area contributed by atoms with Crippen LogP contribution in [-0.4, -0.2) is 9.97 Å². The standard InChI is InChI=1S/C11H12N2OS/c1-3-10-12-9(6-11(14)13-10)8-4-5-15-7(8)2/h4-6H,3H2,1-2H3,(H,12,13,14). The summed E-state index contributed by atoms with van der Waals surface area (Å²) in [5.74, 6) is 0.739. The smallest absolute Gasteiger partial charge is 0.251 e. The van der Waals surface area contributed by atoms with Crippen LogP contribution in [0.1, 0.15) is 17.6 Å². The molecular formula is C11H12N2OS. The van der Waals surface area contributed by atoms with Gasteiger partial charge in [0.1, 0.15) is 5.82 Å². The fourth-order valence-corrected chi connectivity index (χ4v) is 2.17. The van der Waals surface area contributed by atoms with E-state index in [0.717, 1.165) is 23.5 Å². The van der Waals surface area contributed by atoms with Crippen molar-refractivity contribution in [2.45, 2.75) is 20.3 Å². The van der Waals surface area contributed by atoms with E-state index in [9.17, 15) is 4.79 Å². The van der Waals surface area contributed by atoms with E-state index in [0.29, 0.717) is 0 Å². The molecule has 0 atom stereocenters. The van der Waals surface area contributed by atoms with Crippen LogP contribution in [0.3, 0.4) is 0 Å². The summed E-state index contributed by atoms with van der Waals surface area (Å²) in [6, 6.07) is 3.55. The molecule has 78 valence electrons. The van der Waals surface area contributed by atoms with Crippen molar-refractivity contribution < 1.29 is 0 Å². The van der Waals surface area contributed by atoms with Crippen LogP contribution in [0.5, 0.6) is 0 Å². The van der Waals surface area contributed by atoms with Crippen LogP contribution in [0.2, 0.25) is 0 Å². The molecule has 2 aromatic rings. The molecule has 3 nitrogen and oxygen atoms in total. The quantitative estimate of drug-likeness (QED) is 0.844. The van der Waals surface area contributed by atoms with Crippen molar-refractivity contribution in [3.63, 3.8) is 0 Å². The van der Waals surface area contributed by atoms with E-state index < -0.39 is 0 Å². The molecule has 0 aromatic carbocycles. The molecule has 0 spiro atoms. The molecule has 0 radical (unpaired) electrons. The number of aromatic amines is 1. The normalized spacial score (nSPS) is 10.5. The first-order valence-corrected chi connectivity index (χ1v) is 5.73. The van der Waals surface area contributed by atoms with Gasteiger partial charge in [-0.15, -0.1) is 11.3 Å². The molecule has 2 aromatic heterocycles. The lowest BCUT2D eigenvalue weighted by Crippen LogP contribution is -2.10. The predicted octanol–water partition coefficient (Wildman–Crippen LogP) is 2.37. The topological polar surface area (TPSA) is 45.8 Å². The van der Waals surface area contributed by atoms with Crippen LogP contribution < -0.4 is 5.56 Å².